The summed E-state index contributed by atoms with van der Waals surface area (Å²) in [6.07, 6.45) is 0.620. The highest BCUT2D eigenvalue weighted by Gasteiger charge is 2.30. The number of nitro groups is 1. The fourth-order valence-electron chi connectivity index (χ4n) is 2.00. The molecular weight excluding hydrogens is 222 g/mol. The molecule has 1 unspecified atom stereocenters. The zero-order chi connectivity index (χ0) is 12.6. The molecule has 6 nitrogen and oxygen atoms in total. The zero-order valence-corrected chi connectivity index (χ0v) is 9.42. The van der Waals surface area contributed by atoms with Crippen molar-refractivity contribution in [1.29, 1.82) is 0 Å². The van der Waals surface area contributed by atoms with Gasteiger partial charge in [-0.3, -0.25) is 14.9 Å². The van der Waals surface area contributed by atoms with Crippen LogP contribution in [0.3, 0.4) is 0 Å². The molecular formula is C11H13N3O3. The first-order chi connectivity index (χ1) is 8.00. The van der Waals surface area contributed by atoms with Gasteiger partial charge in [-0.1, -0.05) is 0 Å². The first-order valence-corrected chi connectivity index (χ1v) is 5.32. The average Bonchev–Trinajstić information content (AvgIpc) is 2.60. The maximum Gasteiger partial charge on any atom is 0.269 e. The maximum absolute atomic E-state index is 11.7. The van der Waals surface area contributed by atoms with Crippen LogP contribution >= 0.6 is 0 Å². The number of rotatable bonds is 2. The molecule has 1 aromatic carbocycles. The van der Waals surface area contributed by atoms with Crippen LogP contribution in [0.5, 0.6) is 0 Å². The van der Waals surface area contributed by atoms with Gasteiger partial charge in [-0.15, -0.1) is 0 Å². The molecule has 90 valence electrons. The Balaban J connectivity index is 2.34. The van der Waals surface area contributed by atoms with Crippen LogP contribution in [0.2, 0.25) is 0 Å². The molecule has 1 aliphatic heterocycles. The quantitative estimate of drug-likeness (QED) is 0.610. The van der Waals surface area contributed by atoms with E-state index < -0.39 is 11.0 Å². The van der Waals surface area contributed by atoms with Crippen LogP contribution in [0.25, 0.3) is 0 Å². The number of benzene rings is 1. The van der Waals surface area contributed by atoms with Crippen LogP contribution in [0.15, 0.2) is 18.2 Å². The molecule has 0 aromatic heterocycles. The van der Waals surface area contributed by atoms with Gasteiger partial charge in [0.2, 0.25) is 5.91 Å². The van der Waals surface area contributed by atoms with Crippen molar-refractivity contribution in [2.45, 2.75) is 19.4 Å². The lowest BCUT2D eigenvalue weighted by Crippen LogP contribution is -2.34. The van der Waals surface area contributed by atoms with Gasteiger partial charge in [0, 0.05) is 24.4 Å². The molecule has 2 N–H and O–H groups in total. The molecule has 1 heterocycles. The topological polar surface area (TPSA) is 89.5 Å². The fourth-order valence-corrected chi connectivity index (χ4v) is 2.00. The Labute approximate surface area is 98.2 Å². The van der Waals surface area contributed by atoms with E-state index in [1.54, 1.807) is 17.9 Å². The average molecular weight is 235 g/mol. The number of nitro benzene ring substituents is 1. The number of hydrogen-bond acceptors (Lipinski definition) is 4. The lowest BCUT2D eigenvalue weighted by Gasteiger charge is -2.18. The van der Waals surface area contributed by atoms with Gasteiger partial charge in [-0.25, -0.2) is 0 Å². The Morgan fingerprint density at radius 3 is 2.71 bits per heavy atom. The number of anilines is 1. The van der Waals surface area contributed by atoms with Crippen LogP contribution in [-0.4, -0.2) is 23.4 Å². The van der Waals surface area contributed by atoms with Gasteiger partial charge in [0.25, 0.3) is 5.69 Å². The number of aryl methyl sites for hydroxylation is 1. The summed E-state index contributed by atoms with van der Waals surface area (Å²) in [7, 11) is 0. The Kier molecular flexibility index (Phi) is 2.81. The van der Waals surface area contributed by atoms with Crippen molar-refractivity contribution in [3.8, 4) is 0 Å². The normalized spacial score (nSPS) is 19.8. The van der Waals surface area contributed by atoms with Crippen LogP contribution in [0.1, 0.15) is 12.0 Å². The van der Waals surface area contributed by atoms with E-state index in [0.29, 0.717) is 24.2 Å². The van der Waals surface area contributed by atoms with E-state index in [4.69, 9.17) is 5.73 Å². The number of non-ortho nitro benzene ring substituents is 1. The first-order valence-electron chi connectivity index (χ1n) is 5.32. The summed E-state index contributed by atoms with van der Waals surface area (Å²) in [6.45, 7) is 2.32. The first kappa shape index (κ1) is 11.5. The minimum Gasteiger partial charge on any atom is -0.320 e. The summed E-state index contributed by atoms with van der Waals surface area (Å²) in [4.78, 5) is 23.5. The molecule has 6 heteroatoms. The fraction of sp³-hybridized carbons (Fsp3) is 0.364. The van der Waals surface area contributed by atoms with Gasteiger partial charge in [-0.05, 0) is 25.0 Å². The Morgan fingerprint density at radius 1 is 1.53 bits per heavy atom. The van der Waals surface area contributed by atoms with Gasteiger partial charge in [0.05, 0.1) is 11.0 Å². The van der Waals surface area contributed by atoms with Crippen molar-refractivity contribution in [2.24, 2.45) is 5.73 Å². The second kappa shape index (κ2) is 4.14. The molecule has 1 amide bonds. The van der Waals surface area contributed by atoms with E-state index >= 15 is 0 Å². The molecule has 17 heavy (non-hydrogen) atoms. The molecule has 2 rings (SSSR count). The summed E-state index contributed by atoms with van der Waals surface area (Å²) in [5, 5.41) is 10.6. The Hall–Kier alpha value is -1.95. The molecule has 0 spiro atoms. The summed E-state index contributed by atoms with van der Waals surface area (Å²) in [6, 6.07) is 4.01. The monoisotopic (exact) mass is 235 g/mol. The summed E-state index contributed by atoms with van der Waals surface area (Å²) >= 11 is 0. The predicted molar refractivity (Wildman–Crippen MR) is 62.8 cm³/mol. The third-order valence-electron chi connectivity index (χ3n) is 2.93. The van der Waals surface area contributed by atoms with Crippen molar-refractivity contribution in [1.82, 2.24) is 0 Å². The maximum atomic E-state index is 11.7. The summed E-state index contributed by atoms with van der Waals surface area (Å²) in [5.41, 5.74) is 7.08. The van der Waals surface area contributed by atoms with Crippen LogP contribution in [0, 0.1) is 17.0 Å². The second-order valence-corrected chi connectivity index (χ2v) is 4.11. The highest BCUT2D eigenvalue weighted by molar-refractivity contribution is 5.99. The number of amides is 1. The number of nitrogens with zero attached hydrogens (tertiary/aromatic N) is 2. The smallest absolute Gasteiger partial charge is 0.269 e. The molecule has 0 saturated carbocycles. The highest BCUT2D eigenvalue weighted by Crippen LogP contribution is 2.27. The lowest BCUT2D eigenvalue weighted by atomic mass is 10.1. The van der Waals surface area contributed by atoms with E-state index in [-0.39, 0.29) is 11.6 Å². The molecule has 0 radical (unpaired) electrons. The number of carbonyl (C=O) groups is 1. The van der Waals surface area contributed by atoms with E-state index in [1.165, 1.54) is 12.1 Å². The van der Waals surface area contributed by atoms with Crippen molar-refractivity contribution in [3.05, 3.63) is 33.9 Å². The van der Waals surface area contributed by atoms with E-state index in [9.17, 15) is 14.9 Å². The second-order valence-electron chi connectivity index (χ2n) is 4.11. The lowest BCUT2D eigenvalue weighted by molar-refractivity contribution is -0.384. The van der Waals surface area contributed by atoms with Gasteiger partial charge in [-0.2, -0.15) is 0 Å². The molecule has 0 aliphatic carbocycles. The zero-order valence-electron chi connectivity index (χ0n) is 9.42. The minimum atomic E-state index is -0.454. The van der Waals surface area contributed by atoms with Crippen molar-refractivity contribution in [2.75, 3.05) is 11.4 Å². The van der Waals surface area contributed by atoms with Gasteiger partial charge < -0.3 is 10.6 Å². The molecule has 0 bridgehead atoms. The summed E-state index contributed by atoms with van der Waals surface area (Å²) < 4.78 is 0. The van der Waals surface area contributed by atoms with Gasteiger partial charge in [0.15, 0.2) is 0 Å². The van der Waals surface area contributed by atoms with Gasteiger partial charge >= 0.3 is 0 Å². The predicted octanol–water partition coefficient (Wildman–Crippen LogP) is 0.967. The Morgan fingerprint density at radius 2 is 2.24 bits per heavy atom. The molecule has 1 aromatic rings. The molecule has 1 atom stereocenters. The van der Waals surface area contributed by atoms with Crippen LogP contribution in [-0.2, 0) is 4.79 Å². The molecule has 1 saturated heterocycles. The van der Waals surface area contributed by atoms with Crippen molar-refractivity contribution in [3.63, 3.8) is 0 Å². The summed E-state index contributed by atoms with van der Waals surface area (Å²) in [5.74, 6) is -0.123. The van der Waals surface area contributed by atoms with Crippen LogP contribution in [0.4, 0.5) is 11.4 Å². The number of carbonyl (C=O) groups excluding carboxylic acids is 1. The van der Waals surface area contributed by atoms with E-state index in [0.717, 1.165) is 0 Å². The van der Waals surface area contributed by atoms with Crippen molar-refractivity contribution < 1.29 is 9.72 Å². The standard InChI is InChI=1S/C11H13N3O3/c1-7-6-8(14(16)17)2-3-10(7)13-5-4-9(12)11(13)15/h2-3,6,9H,4-5,12H2,1H3. The van der Waals surface area contributed by atoms with E-state index in [2.05, 4.69) is 0 Å². The number of nitrogens with two attached hydrogens (primary N) is 1. The minimum absolute atomic E-state index is 0.0298. The van der Waals surface area contributed by atoms with E-state index in [1.807, 2.05) is 0 Å². The van der Waals surface area contributed by atoms with Gasteiger partial charge in [0.1, 0.15) is 0 Å². The Bertz CT molecular complexity index is 487. The third-order valence-corrected chi connectivity index (χ3v) is 2.93. The van der Waals surface area contributed by atoms with Crippen LogP contribution < -0.4 is 10.6 Å². The molecule has 1 fully saturated rings. The number of hydrogen-bond donors (Lipinski definition) is 1. The molecule has 1 aliphatic rings. The largest absolute Gasteiger partial charge is 0.320 e. The third kappa shape index (κ3) is 1.99. The highest BCUT2D eigenvalue weighted by atomic mass is 16.6. The van der Waals surface area contributed by atoms with Crippen molar-refractivity contribution >= 4 is 17.3 Å². The SMILES string of the molecule is Cc1cc([N+](=O)[O-])ccc1N1CCC(N)C1=O.